The second-order valence-electron chi connectivity index (χ2n) is 5.57. The van der Waals surface area contributed by atoms with Gasteiger partial charge in [0.25, 0.3) is 5.91 Å². The minimum atomic E-state index is -0.124. The van der Waals surface area contributed by atoms with Crippen molar-refractivity contribution in [2.24, 2.45) is 0 Å². The number of amides is 1. The zero-order valence-corrected chi connectivity index (χ0v) is 14.9. The molecule has 2 aromatic carbocycles. The molecule has 0 fully saturated rings. The average Bonchev–Trinajstić information content (AvgIpc) is 3.08. The number of hydrogen-bond donors (Lipinski definition) is 1. The zero-order valence-electron chi connectivity index (χ0n) is 14.1. The van der Waals surface area contributed by atoms with Crippen molar-refractivity contribution in [2.45, 2.75) is 12.8 Å². The summed E-state index contributed by atoms with van der Waals surface area (Å²) < 4.78 is 5.11. The molecule has 3 rings (SSSR count). The quantitative estimate of drug-likeness (QED) is 0.630. The Morgan fingerprint density at radius 1 is 1.08 bits per heavy atom. The number of rotatable bonds is 7. The van der Waals surface area contributed by atoms with Gasteiger partial charge >= 0.3 is 0 Å². The van der Waals surface area contributed by atoms with Crippen LogP contribution in [0.15, 0.2) is 60.7 Å². The molecule has 0 saturated heterocycles. The highest BCUT2D eigenvalue weighted by Crippen LogP contribution is 2.29. The molecule has 5 heteroatoms. The van der Waals surface area contributed by atoms with Crippen molar-refractivity contribution in [2.75, 3.05) is 19.0 Å². The Kier molecular flexibility index (Phi) is 5.93. The first-order valence-corrected chi connectivity index (χ1v) is 9.00. The van der Waals surface area contributed by atoms with Gasteiger partial charge in [0.2, 0.25) is 0 Å². The van der Waals surface area contributed by atoms with Gasteiger partial charge in [-0.2, -0.15) is 0 Å². The van der Waals surface area contributed by atoms with Crippen LogP contribution in [0.4, 0.5) is 5.69 Å². The highest BCUT2D eigenvalue weighted by Gasteiger charge is 2.19. The van der Waals surface area contributed by atoms with Crippen molar-refractivity contribution in [3.8, 4) is 11.3 Å². The summed E-state index contributed by atoms with van der Waals surface area (Å²) in [4.78, 5) is 18.1. The Morgan fingerprint density at radius 3 is 2.44 bits per heavy atom. The number of carbonyl (C=O) groups is 1. The molecule has 0 bridgehead atoms. The largest absolute Gasteiger partial charge is 0.385 e. The van der Waals surface area contributed by atoms with Crippen LogP contribution in [0.25, 0.3) is 11.3 Å². The van der Waals surface area contributed by atoms with Gasteiger partial charge in [-0.3, -0.25) is 4.79 Å². The summed E-state index contributed by atoms with van der Waals surface area (Å²) in [5, 5.41) is 3.91. The van der Waals surface area contributed by atoms with E-state index in [4.69, 9.17) is 9.72 Å². The van der Waals surface area contributed by atoms with Crippen molar-refractivity contribution in [1.29, 1.82) is 0 Å². The highest BCUT2D eigenvalue weighted by atomic mass is 32.1. The molecule has 1 N–H and O–H groups in total. The van der Waals surface area contributed by atoms with Gasteiger partial charge in [0.15, 0.2) is 0 Å². The van der Waals surface area contributed by atoms with Crippen LogP contribution >= 0.6 is 11.3 Å². The molecule has 0 aliphatic rings. The fourth-order valence-electron chi connectivity index (χ4n) is 2.49. The van der Waals surface area contributed by atoms with E-state index in [1.54, 1.807) is 7.11 Å². The number of hydrogen-bond acceptors (Lipinski definition) is 4. The van der Waals surface area contributed by atoms with E-state index in [2.05, 4.69) is 5.32 Å². The Hall–Kier alpha value is -2.50. The molecule has 1 heterocycles. The zero-order chi connectivity index (χ0) is 17.5. The maximum absolute atomic E-state index is 12.8. The van der Waals surface area contributed by atoms with Crippen molar-refractivity contribution in [1.82, 2.24) is 4.98 Å². The number of para-hydroxylation sites is 1. The van der Waals surface area contributed by atoms with E-state index in [1.165, 1.54) is 11.3 Å². The van der Waals surface area contributed by atoms with Crippen LogP contribution in [-0.2, 0) is 11.2 Å². The summed E-state index contributed by atoms with van der Waals surface area (Å²) in [5.41, 5.74) is 2.47. The molecule has 1 aromatic heterocycles. The lowest BCUT2D eigenvalue weighted by molar-refractivity contribution is 0.103. The van der Waals surface area contributed by atoms with Gasteiger partial charge in [-0.15, -0.1) is 11.3 Å². The number of aromatic nitrogens is 1. The third-order valence-corrected chi connectivity index (χ3v) is 4.81. The predicted molar refractivity (Wildman–Crippen MR) is 102 cm³/mol. The number of carbonyl (C=O) groups excluding carboxylic acids is 1. The van der Waals surface area contributed by atoms with Crippen LogP contribution in [0.2, 0.25) is 0 Å². The molecular weight excluding hydrogens is 332 g/mol. The van der Waals surface area contributed by atoms with E-state index in [9.17, 15) is 4.79 Å². The number of thiazole rings is 1. The number of nitrogens with zero attached hydrogens (tertiary/aromatic N) is 1. The molecule has 128 valence electrons. The second-order valence-corrected chi connectivity index (χ2v) is 6.65. The summed E-state index contributed by atoms with van der Waals surface area (Å²) in [6.07, 6.45) is 1.69. The molecule has 0 atom stereocenters. The average molecular weight is 352 g/mol. The molecule has 0 radical (unpaired) electrons. The van der Waals surface area contributed by atoms with Crippen molar-refractivity contribution in [3.05, 3.63) is 70.5 Å². The van der Waals surface area contributed by atoms with Crippen molar-refractivity contribution >= 4 is 22.9 Å². The topological polar surface area (TPSA) is 51.2 Å². The van der Waals surface area contributed by atoms with Crippen LogP contribution < -0.4 is 5.32 Å². The van der Waals surface area contributed by atoms with Gasteiger partial charge in [0, 0.05) is 31.4 Å². The molecule has 4 nitrogen and oxygen atoms in total. The molecule has 3 aromatic rings. The fraction of sp³-hybridized carbons (Fsp3) is 0.200. The van der Waals surface area contributed by atoms with Gasteiger partial charge in [-0.1, -0.05) is 48.5 Å². The number of ether oxygens (including phenoxy) is 1. The van der Waals surface area contributed by atoms with E-state index < -0.39 is 0 Å². The lowest BCUT2D eigenvalue weighted by Crippen LogP contribution is -2.11. The van der Waals surface area contributed by atoms with Gasteiger partial charge in [-0.05, 0) is 18.6 Å². The maximum Gasteiger partial charge on any atom is 0.268 e. The molecule has 0 spiro atoms. The van der Waals surface area contributed by atoms with Crippen molar-refractivity contribution in [3.63, 3.8) is 0 Å². The first kappa shape index (κ1) is 17.3. The van der Waals surface area contributed by atoms with Crippen LogP contribution in [-0.4, -0.2) is 24.6 Å². The number of methoxy groups -OCH3 is 1. The number of aryl methyl sites for hydroxylation is 1. The minimum absolute atomic E-state index is 0.124. The summed E-state index contributed by atoms with van der Waals surface area (Å²) >= 11 is 1.45. The van der Waals surface area contributed by atoms with E-state index in [0.717, 1.165) is 34.8 Å². The molecule has 0 unspecified atom stereocenters. The molecule has 0 aliphatic heterocycles. The normalized spacial score (nSPS) is 10.6. The highest BCUT2D eigenvalue weighted by molar-refractivity contribution is 7.14. The predicted octanol–water partition coefficient (Wildman–Crippen LogP) is 4.64. The number of anilines is 1. The summed E-state index contributed by atoms with van der Waals surface area (Å²) in [7, 11) is 1.69. The third kappa shape index (κ3) is 4.53. The lowest BCUT2D eigenvalue weighted by atomic mass is 10.1. The monoisotopic (exact) mass is 352 g/mol. The Bertz CT molecular complexity index is 816. The van der Waals surface area contributed by atoms with Gasteiger partial charge in [0.1, 0.15) is 4.88 Å². The number of benzene rings is 2. The van der Waals surface area contributed by atoms with E-state index in [0.29, 0.717) is 11.5 Å². The van der Waals surface area contributed by atoms with Crippen LogP contribution in [0.3, 0.4) is 0 Å². The van der Waals surface area contributed by atoms with E-state index in [-0.39, 0.29) is 5.91 Å². The van der Waals surface area contributed by atoms with E-state index >= 15 is 0 Å². The number of nitrogens with one attached hydrogen (secondary N) is 1. The molecule has 0 saturated carbocycles. The lowest BCUT2D eigenvalue weighted by Gasteiger charge is -2.05. The fourth-order valence-corrected chi connectivity index (χ4v) is 3.52. The summed E-state index contributed by atoms with van der Waals surface area (Å²) in [6, 6.07) is 19.3. The van der Waals surface area contributed by atoms with Gasteiger partial charge < -0.3 is 10.1 Å². The van der Waals surface area contributed by atoms with Gasteiger partial charge in [-0.25, -0.2) is 4.98 Å². The Balaban J connectivity index is 1.88. The Morgan fingerprint density at radius 2 is 1.76 bits per heavy atom. The maximum atomic E-state index is 12.8. The van der Waals surface area contributed by atoms with Crippen LogP contribution in [0.1, 0.15) is 21.1 Å². The first-order valence-electron chi connectivity index (χ1n) is 8.18. The van der Waals surface area contributed by atoms with Crippen molar-refractivity contribution < 1.29 is 9.53 Å². The van der Waals surface area contributed by atoms with E-state index in [1.807, 2.05) is 60.7 Å². The summed E-state index contributed by atoms with van der Waals surface area (Å²) in [5.74, 6) is -0.124. The van der Waals surface area contributed by atoms with Gasteiger partial charge in [0.05, 0.1) is 10.7 Å². The smallest absolute Gasteiger partial charge is 0.268 e. The minimum Gasteiger partial charge on any atom is -0.385 e. The SMILES string of the molecule is COCCCc1nc(-c2ccccc2)c(C(=O)Nc2ccccc2)s1. The molecule has 25 heavy (non-hydrogen) atoms. The van der Waals surface area contributed by atoms with Crippen LogP contribution in [0.5, 0.6) is 0 Å². The van der Waals surface area contributed by atoms with Crippen LogP contribution in [0, 0.1) is 0 Å². The summed E-state index contributed by atoms with van der Waals surface area (Å²) in [6.45, 7) is 0.686. The molecular formula is C20H20N2O2S. The first-order chi connectivity index (χ1) is 12.3. The molecule has 1 amide bonds. The third-order valence-electron chi connectivity index (χ3n) is 3.70. The molecule has 0 aliphatic carbocycles. The second kappa shape index (κ2) is 8.55. The standard InChI is InChI=1S/C20H20N2O2S/c1-24-14-8-13-17-22-18(15-9-4-2-5-10-15)19(25-17)20(23)21-16-11-6-3-7-12-16/h2-7,9-12H,8,13-14H2,1H3,(H,21,23). The Labute approximate surface area is 151 Å².